The van der Waals surface area contributed by atoms with Crippen LogP contribution in [0.3, 0.4) is 0 Å². The minimum absolute atomic E-state index is 0.104. The lowest BCUT2D eigenvalue weighted by molar-refractivity contribution is -0.141. The van der Waals surface area contributed by atoms with Gasteiger partial charge in [0.15, 0.2) is 5.96 Å². The topological polar surface area (TPSA) is 88.2 Å². The number of nitrogens with two attached hydrogens (primary N) is 1. The molecule has 0 saturated carbocycles. The van der Waals surface area contributed by atoms with Crippen LogP contribution in [0.25, 0.3) is 0 Å². The largest absolute Gasteiger partial charge is 0.433 e. The summed E-state index contributed by atoms with van der Waals surface area (Å²) < 4.78 is 37.7. The number of anilines is 2. The SMILES string of the molecule is CCc1cccc(NC(N)=NCCNc2nccc(C(F)(F)F)n2)c1. The summed E-state index contributed by atoms with van der Waals surface area (Å²) in [5.41, 5.74) is 6.79. The third kappa shape index (κ3) is 5.94. The molecule has 0 atom stereocenters. The number of hydrogen-bond acceptors (Lipinski definition) is 4. The molecule has 0 saturated heterocycles. The van der Waals surface area contributed by atoms with E-state index in [1.165, 1.54) is 5.56 Å². The van der Waals surface area contributed by atoms with E-state index in [1.54, 1.807) is 0 Å². The zero-order valence-corrected chi connectivity index (χ0v) is 13.6. The molecule has 0 aliphatic rings. The fourth-order valence-electron chi connectivity index (χ4n) is 2.00. The Morgan fingerprint density at radius 3 is 2.80 bits per heavy atom. The molecule has 1 heterocycles. The van der Waals surface area contributed by atoms with Gasteiger partial charge in [-0.3, -0.25) is 4.99 Å². The van der Waals surface area contributed by atoms with Gasteiger partial charge in [0.05, 0.1) is 6.54 Å². The molecule has 6 nitrogen and oxygen atoms in total. The Labute approximate surface area is 143 Å². The van der Waals surface area contributed by atoms with Crippen LogP contribution in [0.5, 0.6) is 0 Å². The highest BCUT2D eigenvalue weighted by Gasteiger charge is 2.32. The Hall–Kier alpha value is -2.84. The van der Waals surface area contributed by atoms with Crippen LogP contribution >= 0.6 is 0 Å². The molecule has 0 amide bonds. The number of benzene rings is 1. The van der Waals surface area contributed by atoms with Gasteiger partial charge in [-0.15, -0.1) is 0 Å². The van der Waals surface area contributed by atoms with Crippen molar-refractivity contribution in [2.24, 2.45) is 10.7 Å². The zero-order valence-electron chi connectivity index (χ0n) is 13.6. The number of aromatic nitrogens is 2. The van der Waals surface area contributed by atoms with E-state index in [1.807, 2.05) is 24.3 Å². The van der Waals surface area contributed by atoms with Crippen molar-refractivity contribution in [2.45, 2.75) is 19.5 Å². The van der Waals surface area contributed by atoms with E-state index in [0.29, 0.717) is 0 Å². The van der Waals surface area contributed by atoms with Crippen LogP contribution in [0.15, 0.2) is 41.5 Å². The zero-order chi connectivity index (χ0) is 18.3. The summed E-state index contributed by atoms with van der Waals surface area (Å²) in [6, 6.07) is 8.58. The number of hydrogen-bond donors (Lipinski definition) is 3. The summed E-state index contributed by atoms with van der Waals surface area (Å²) >= 11 is 0. The molecule has 9 heteroatoms. The lowest BCUT2D eigenvalue weighted by atomic mass is 10.1. The van der Waals surface area contributed by atoms with Gasteiger partial charge in [0.1, 0.15) is 5.69 Å². The molecule has 0 spiro atoms. The summed E-state index contributed by atoms with van der Waals surface area (Å²) in [6.45, 7) is 2.56. The molecule has 134 valence electrons. The first-order chi connectivity index (χ1) is 11.9. The van der Waals surface area contributed by atoms with Gasteiger partial charge in [0.2, 0.25) is 5.95 Å². The van der Waals surface area contributed by atoms with Gasteiger partial charge in [0.25, 0.3) is 0 Å². The van der Waals surface area contributed by atoms with Crippen molar-refractivity contribution in [3.8, 4) is 0 Å². The number of aryl methyl sites for hydroxylation is 1. The van der Waals surface area contributed by atoms with E-state index in [9.17, 15) is 13.2 Å². The molecule has 1 aromatic carbocycles. The van der Waals surface area contributed by atoms with Crippen LogP contribution in [0.2, 0.25) is 0 Å². The molecule has 0 bridgehead atoms. The average Bonchev–Trinajstić information content (AvgIpc) is 2.58. The Morgan fingerprint density at radius 2 is 2.08 bits per heavy atom. The van der Waals surface area contributed by atoms with Crippen molar-refractivity contribution in [3.05, 3.63) is 47.8 Å². The molecule has 25 heavy (non-hydrogen) atoms. The van der Waals surface area contributed by atoms with Crippen LogP contribution in [0.1, 0.15) is 18.2 Å². The summed E-state index contributed by atoms with van der Waals surface area (Å²) in [7, 11) is 0. The first-order valence-electron chi connectivity index (χ1n) is 7.68. The van der Waals surface area contributed by atoms with Gasteiger partial charge < -0.3 is 16.4 Å². The second-order valence-corrected chi connectivity index (χ2v) is 5.14. The second kappa shape index (κ2) is 8.32. The molecule has 0 unspecified atom stereocenters. The van der Waals surface area contributed by atoms with E-state index in [2.05, 4.69) is 32.5 Å². The maximum absolute atomic E-state index is 12.6. The number of aliphatic imine (C=N–C) groups is 1. The van der Waals surface area contributed by atoms with Gasteiger partial charge in [-0.2, -0.15) is 13.2 Å². The van der Waals surface area contributed by atoms with Crippen LogP contribution in [0, 0.1) is 0 Å². The number of halogens is 3. The number of alkyl halides is 3. The second-order valence-electron chi connectivity index (χ2n) is 5.14. The average molecular weight is 352 g/mol. The smallest absolute Gasteiger partial charge is 0.370 e. The van der Waals surface area contributed by atoms with E-state index in [0.717, 1.165) is 24.4 Å². The fraction of sp³-hybridized carbons (Fsp3) is 0.312. The molecular weight excluding hydrogens is 333 g/mol. The number of nitrogens with zero attached hydrogens (tertiary/aromatic N) is 3. The van der Waals surface area contributed by atoms with Crippen molar-refractivity contribution < 1.29 is 13.2 Å². The van der Waals surface area contributed by atoms with E-state index in [4.69, 9.17) is 5.73 Å². The summed E-state index contributed by atoms with van der Waals surface area (Å²) in [6.07, 6.45) is -2.54. The fourth-order valence-corrected chi connectivity index (χ4v) is 2.00. The molecule has 0 aliphatic heterocycles. The highest BCUT2D eigenvalue weighted by atomic mass is 19.4. The molecule has 4 N–H and O–H groups in total. The van der Waals surface area contributed by atoms with Gasteiger partial charge in [-0.1, -0.05) is 19.1 Å². The van der Waals surface area contributed by atoms with Crippen molar-refractivity contribution in [2.75, 3.05) is 23.7 Å². The molecule has 1 aromatic heterocycles. The Bertz CT molecular complexity index is 730. The highest BCUT2D eigenvalue weighted by Crippen LogP contribution is 2.27. The van der Waals surface area contributed by atoms with Crippen LogP contribution in [-0.2, 0) is 12.6 Å². The number of guanidine groups is 1. The molecule has 0 aliphatic carbocycles. The molecule has 2 rings (SSSR count). The Kier molecular flexibility index (Phi) is 6.15. The van der Waals surface area contributed by atoms with Gasteiger partial charge in [-0.05, 0) is 30.2 Å². The Morgan fingerprint density at radius 1 is 1.28 bits per heavy atom. The molecule has 2 aromatic rings. The number of nitrogens with one attached hydrogen (secondary N) is 2. The normalized spacial score (nSPS) is 12.1. The van der Waals surface area contributed by atoms with Crippen molar-refractivity contribution in [1.82, 2.24) is 9.97 Å². The summed E-state index contributed by atoms with van der Waals surface area (Å²) in [4.78, 5) is 11.2. The summed E-state index contributed by atoms with van der Waals surface area (Å²) in [5, 5.41) is 5.65. The van der Waals surface area contributed by atoms with Gasteiger partial charge in [0, 0.05) is 18.4 Å². The first kappa shape index (κ1) is 18.5. The lowest BCUT2D eigenvalue weighted by Crippen LogP contribution is -2.24. The Balaban J connectivity index is 1.84. The predicted molar refractivity (Wildman–Crippen MR) is 91.5 cm³/mol. The highest BCUT2D eigenvalue weighted by molar-refractivity contribution is 5.92. The third-order valence-electron chi connectivity index (χ3n) is 3.23. The van der Waals surface area contributed by atoms with E-state index < -0.39 is 11.9 Å². The molecular formula is C16H19F3N6. The quantitative estimate of drug-likeness (QED) is 0.423. The van der Waals surface area contributed by atoms with Crippen molar-refractivity contribution in [3.63, 3.8) is 0 Å². The maximum atomic E-state index is 12.6. The molecule has 0 radical (unpaired) electrons. The van der Waals surface area contributed by atoms with Crippen molar-refractivity contribution in [1.29, 1.82) is 0 Å². The minimum Gasteiger partial charge on any atom is -0.370 e. The predicted octanol–water partition coefficient (Wildman–Crippen LogP) is 2.90. The van der Waals surface area contributed by atoms with Gasteiger partial charge in [-0.25, -0.2) is 9.97 Å². The van der Waals surface area contributed by atoms with Crippen LogP contribution in [-0.4, -0.2) is 29.0 Å². The van der Waals surface area contributed by atoms with Crippen LogP contribution < -0.4 is 16.4 Å². The van der Waals surface area contributed by atoms with Crippen molar-refractivity contribution >= 4 is 17.6 Å². The monoisotopic (exact) mass is 352 g/mol. The number of rotatable bonds is 6. The summed E-state index contributed by atoms with van der Waals surface area (Å²) in [5.74, 6) is 0.118. The maximum Gasteiger partial charge on any atom is 0.433 e. The van der Waals surface area contributed by atoms with Gasteiger partial charge >= 0.3 is 6.18 Å². The third-order valence-corrected chi connectivity index (χ3v) is 3.23. The minimum atomic E-state index is -4.50. The van der Waals surface area contributed by atoms with E-state index >= 15 is 0 Å². The lowest BCUT2D eigenvalue weighted by Gasteiger charge is -2.09. The molecule has 0 fully saturated rings. The van der Waals surface area contributed by atoms with Crippen LogP contribution in [0.4, 0.5) is 24.8 Å². The standard InChI is InChI=1S/C16H19F3N6/c1-2-11-4-3-5-12(10-11)24-14(20)21-8-9-23-15-22-7-6-13(25-15)16(17,18)19/h3-7,10H,2,8-9H2,1H3,(H3,20,21,24)(H,22,23,25). The van der Waals surface area contributed by atoms with E-state index in [-0.39, 0.29) is 25.0 Å². The first-order valence-corrected chi connectivity index (χ1v) is 7.68.